The molecular formula is C43H62N4O18. The van der Waals surface area contributed by atoms with Gasteiger partial charge in [-0.05, 0) is 30.7 Å². The summed E-state index contributed by atoms with van der Waals surface area (Å²) in [6.45, 7) is 10.1. The minimum Gasteiger partial charge on any atom is -0.491 e. The van der Waals surface area contributed by atoms with Gasteiger partial charge in [-0.25, -0.2) is 0 Å². The lowest BCUT2D eigenvalue weighted by Gasteiger charge is -2.27. The van der Waals surface area contributed by atoms with E-state index < -0.39 is 34.6 Å². The van der Waals surface area contributed by atoms with Crippen LogP contribution in [0.3, 0.4) is 0 Å². The molecule has 2 aromatic carbocycles. The molecule has 0 spiro atoms. The van der Waals surface area contributed by atoms with Crippen molar-refractivity contribution in [3.05, 3.63) is 63.7 Å². The van der Waals surface area contributed by atoms with E-state index >= 15 is 0 Å². The van der Waals surface area contributed by atoms with Gasteiger partial charge in [-0.1, -0.05) is 6.07 Å². The van der Waals surface area contributed by atoms with E-state index in [0.29, 0.717) is 170 Å². The maximum absolute atomic E-state index is 13.2. The van der Waals surface area contributed by atoms with Gasteiger partial charge in [0.15, 0.2) is 0 Å². The fourth-order valence-electron chi connectivity index (χ4n) is 6.10. The quantitative estimate of drug-likeness (QED) is 0.0418. The molecule has 2 N–H and O–H groups in total. The van der Waals surface area contributed by atoms with Crippen LogP contribution in [0.25, 0.3) is 0 Å². The summed E-state index contributed by atoms with van der Waals surface area (Å²) < 4.78 is 65.9. The van der Waals surface area contributed by atoms with Crippen molar-refractivity contribution in [2.24, 2.45) is 0 Å². The summed E-state index contributed by atoms with van der Waals surface area (Å²) in [5, 5.41) is 16.0. The Morgan fingerprint density at radius 2 is 0.969 bits per heavy atom. The number of carbonyl (C=O) groups is 4. The van der Waals surface area contributed by atoms with Crippen LogP contribution in [0.5, 0.6) is 5.75 Å². The number of nitrogens with zero attached hydrogens (tertiary/aromatic N) is 2. The number of nitrogens with one attached hydrogen (secondary N) is 2. The molecule has 2 aliphatic heterocycles. The summed E-state index contributed by atoms with van der Waals surface area (Å²) in [6, 6.07) is 9.76. The van der Waals surface area contributed by atoms with Crippen molar-refractivity contribution >= 4 is 35.0 Å². The normalized spacial score (nSPS) is 14.8. The lowest BCUT2D eigenvalue weighted by Crippen LogP contribution is -2.54. The van der Waals surface area contributed by atoms with Gasteiger partial charge in [0.1, 0.15) is 18.4 Å². The predicted octanol–water partition coefficient (Wildman–Crippen LogP) is 1.67. The average molecular weight is 923 g/mol. The van der Waals surface area contributed by atoms with E-state index in [1.165, 1.54) is 12.1 Å². The second-order valence-electron chi connectivity index (χ2n) is 13.9. The Morgan fingerprint density at radius 3 is 1.38 bits per heavy atom. The summed E-state index contributed by atoms with van der Waals surface area (Å²) in [4.78, 5) is 61.1. The molecule has 0 radical (unpaired) electrons. The highest BCUT2D eigenvalue weighted by molar-refractivity contribution is 6.25. The van der Waals surface area contributed by atoms with E-state index in [1.54, 1.807) is 30.3 Å². The predicted molar refractivity (Wildman–Crippen MR) is 229 cm³/mol. The van der Waals surface area contributed by atoms with E-state index in [9.17, 15) is 29.3 Å². The number of nitro benzene ring substituents is 1. The van der Waals surface area contributed by atoms with Crippen LogP contribution >= 0.6 is 0 Å². The van der Waals surface area contributed by atoms with E-state index in [2.05, 4.69) is 10.6 Å². The fourth-order valence-corrected chi connectivity index (χ4v) is 6.10. The standard InChI is InChI=1S/C43H62N4O18/c48-39-9-8-38(41(49)45-39)46-42(50)36-2-1-3-37(40(36)43(46)51)44-10-11-54-12-13-55-14-15-56-16-17-57-18-19-58-20-21-59-22-23-60-24-25-61-26-27-62-28-29-63-30-31-64-32-33-65-35-6-4-34(5-7-35)47(52)53/h1-7,38,44H,8-33H2,(H,45,48,49). The smallest absolute Gasteiger partial charge is 0.269 e. The molecule has 22 heteroatoms. The van der Waals surface area contributed by atoms with Gasteiger partial charge in [0, 0.05) is 30.8 Å². The summed E-state index contributed by atoms with van der Waals surface area (Å²) in [7, 11) is 0. The van der Waals surface area contributed by atoms with Crippen LogP contribution in [0.15, 0.2) is 42.5 Å². The Balaban J connectivity index is 0.796. The van der Waals surface area contributed by atoms with Gasteiger partial charge in [0.2, 0.25) is 11.8 Å². The Hall–Kier alpha value is -4.72. The lowest BCUT2D eigenvalue weighted by molar-refractivity contribution is -0.384. The molecule has 0 saturated carbocycles. The summed E-state index contributed by atoms with van der Waals surface area (Å²) in [5.41, 5.74) is 0.902. The van der Waals surface area contributed by atoms with Crippen molar-refractivity contribution in [3.8, 4) is 5.75 Å². The number of anilines is 1. The highest BCUT2D eigenvalue weighted by atomic mass is 16.6. The summed E-state index contributed by atoms with van der Waals surface area (Å²) in [6.07, 6.45) is 0.156. The number of ether oxygens (including phenoxy) is 12. The number of nitro groups is 1. The summed E-state index contributed by atoms with van der Waals surface area (Å²) in [5.74, 6) is -1.65. The molecule has 22 nitrogen and oxygen atoms in total. The highest BCUT2D eigenvalue weighted by Crippen LogP contribution is 2.32. The number of hydrogen-bond acceptors (Lipinski definition) is 19. The first kappa shape index (κ1) is 52.9. The van der Waals surface area contributed by atoms with Gasteiger partial charge in [0.05, 0.1) is 161 Å². The van der Waals surface area contributed by atoms with Crippen LogP contribution in [0.4, 0.5) is 11.4 Å². The van der Waals surface area contributed by atoms with Crippen LogP contribution in [-0.4, -0.2) is 198 Å². The zero-order chi connectivity index (χ0) is 46.2. The Bertz CT molecular complexity index is 1700. The maximum Gasteiger partial charge on any atom is 0.269 e. The first-order chi connectivity index (χ1) is 31.9. The number of rotatable bonds is 40. The Labute approximate surface area is 377 Å². The number of piperidine rings is 1. The second kappa shape index (κ2) is 32.9. The number of carbonyl (C=O) groups excluding carboxylic acids is 4. The molecule has 0 aromatic heterocycles. The van der Waals surface area contributed by atoms with Crippen LogP contribution in [0, 0.1) is 10.1 Å². The van der Waals surface area contributed by atoms with Gasteiger partial charge in [-0.3, -0.25) is 39.5 Å². The number of amides is 4. The van der Waals surface area contributed by atoms with E-state index in [0.717, 1.165) is 4.90 Å². The minimum atomic E-state index is -1.02. The first-order valence-electron chi connectivity index (χ1n) is 21.7. The van der Waals surface area contributed by atoms with Crippen molar-refractivity contribution in [1.29, 1.82) is 0 Å². The molecule has 1 unspecified atom stereocenters. The number of fused-ring (bicyclic) bond motifs is 1. The number of imide groups is 2. The van der Waals surface area contributed by atoms with E-state index in [4.69, 9.17) is 56.8 Å². The van der Waals surface area contributed by atoms with Crippen LogP contribution in [0.2, 0.25) is 0 Å². The molecule has 0 aliphatic carbocycles. The molecule has 362 valence electrons. The number of hydrogen-bond donors (Lipinski definition) is 2. The molecule has 1 saturated heterocycles. The second-order valence-corrected chi connectivity index (χ2v) is 13.9. The Morgan fingerprint density at radius 1 is 0.554 bits per heavy atom. The molecular weight excluding hydrogens is 860 g/mol. The van der Waals surface area contributed by atoms with Gasteiger partial charge in [-0.15, -0.1) is 0 Å². The Kier molecular flexibility index (Phi) is 26.7. The van der Waals surface area contributed by atoms with Gasteiger partial charge in [0.25, 0.3) is 17.5 Å². The molecule has 0 bridgehead atoms. The third kappa shape index (κ3) is 21.0. The average Bonchev–Trinajstić information content (AvgIpc) is 3.56. The van der Waals surface area contributed by atoms with Gasteiger partial charge >= 0.3 is 0 Å². The largest absolute Gasteiger partial charge is 0.491 e. The van der Waals surface area contributed by atoms with Crippen LogP contribution < -0.4 is 15.4 Å². The van der Waals surface area contributed by atoms with Gasteiger partial charge < -0.3 is 62.2 Å². The molecule has 2 heterocycles. The lowest BCUT2D eigenvalue weighted by atomic mass is 10.0. The minimum absolute atomic E-state index is 0.0154. The molecule has 4 amide bonds. The van der Waals surface area contributed by atoms with Crippen LogP contribution in [0.1, 0.15) is 33.6 Å². The van der Waals surface area contributed by atoms with Gasteiger partial charge in [-0.2, -0.15) is 0 Å². The first-order valence-corrected chi connectivity index (χ1v) is 21.7. The van der Waals surface area contributed by atoms with Crippen molar-refractivity contribution in [1.82, 2.24) is 10.2 Å². The highest BCUT2D eigenvalue weighted by Gasteiger charge is 2.45. The maximum atomic E-state index is 13.2. The van der Waals surface area contributed by atoms with Crippen molar-refractivity contribution < 1.29 is 80.9 Å². The zero-order valence-corrected chi connectivity index (χ0v) is 36.7. The summed E-state index contributed by atoms with van der Waals surface area (Å²) >= 11 is 0. The van der Waals surface area contributed by atoms with Crippen LogP contribution in [-0.2, 0) is 61.7 Å². The monoisotopic (exact) mass is 922 g/mol. The molecule has 2 aliphatic rings. The SMILES string of the molecule is O=C1CCC(N2C(=O)c3cccc(NCCOCCOCCOCCOCCOCCOCCOCCOCCOCCOCCOCCOc4ccc([N+](=O)[O-])cc4)c3C2=O)C(=O)N1. The third-order valence-electron chi connectivity index (χ3n) is 9.29. The molecule has 1 atom stereocenters. The zero-order valence-electron chi connectivity index (χ0n) is 36.7. The van der Waals surface area contributed by atoms with E-state index in [1.807, 2.05) is 0 Å². The number of non-ortho nitro benzene ring substituents is 1. The number of benzene rings is 2. The topological polar surface area (TPSA) is 249 Å². The van der Waals surface area contributed by atoms with Crippen molar-refractivity contribution in [2.45, 2.75) is 18.9 Å². The third-order valence-corrected chi connectivity index (χ3v) is 9.29. The molecule has 65 heavy (non-hydrogen) atoms. The molecule has 2 aromatic rings. The molecule has 1 fully saturated rings. The van der Waals surface area contributed by atoms with Crippen molar-refractivity contribution in [3.63, 3.8) is 0 Å². The fraction of sp³-hybridized carbons (Fsp3) is 0.628. The van der Waals surface area contributed by atoms with Crippen molar-refractivity contribution in [2.75, 3.05) is 164 Å². The van der Waals surface area contributed by atoms with E-state index in [-0.39, 0.29) is 29.7 Å². The molecule has 4 rings (SSSR count).